The topological polar surface area (TPSA) is 88.3 Å². The highest BCUT2D eigenvalue weighted by Gasteiger charge is 2.37. The molecule has 7 heteroatoms. The van der Waals surface area contributed by atoms with Crippen molar-refractivity contribution in [1.29, 1.82) is 0 Å². The Balaban J connectivity index is 0.00000137. The minimum absolute atomic E-state index is 0.0675. The van der Waals surface area contributed by atoms with Crippen LogP contribution in [0.25, 0.3) is 10.4 Å². The Morgan fingerprint density at radius 2 is 1.71 bits per heavy atom. The van der Waals surface area contributed by atoms with Crippen LogP contribution >= 0.6 is 11.3 Å². The molecule has 2 heterocycles. The van der Waals surface area contributed by atoms with Gasteiger partial charge in [-0.25, -0.2) is 4.98 Å². The summed E-state index contributed by atoms with van der Waals surface area (Å²) in [5, 5.41) is 3.19. The van der Waals surface area contributed by atoms with Crippen LogP contribution in [-0.4, -0.2) is 41.3 Å². The van der Waals surface area contributed by atoms with E-state index in [2.05, 4.69) is 61.1 Å². The number of nitrogens with zero attached hydrogens (tertiary/aromatic N) is 2. The Morgan fingerprint density at radius 3 is 2.21 bits per heavy atom. The van der Waals surface area contributed by atoms with Crippen LogP contribution in [0.3, 0.4) is 0 Å². The number of rotatable bonds is 5. The maximum Gasteiger partial charge on any atom is 0.243 e. The minimum atomic E-state index is -0.528. The second-order valence-electron chi connectivity index (χ2n) is 9.94. The summed E-state index contributed by atoms with van der Waals surface area (Å²) >= 11 is 1.63. The first-order valence-electron chi connectivity index (χ1n) is 12.2. The molecule has 2 amide bonds. The zero-order valence-electron chi connectivity index (χ0n) is 22.5. The van der Waals surface area contributed by atoms with E-state index in [9.17, 15) is 9.59 Å². The van der Waals surface area contributed by atoms with Gasteiger partial charge in [0.05, 0.1) is 21.6 Å². The van der Waals surface area contributed by atoms with Gasteiger partial charge in [0.15, 0.2) is 0 Å². The molecule has 0 saturated carbocycles. The van der Waals surface area contributed by atoms with Crippen LogP contribution in [-0.2, 0) is 15.1 Å². The summed E-state index contributed by atoms with van der Waals surface area (Å²) in [4.78, 5) is 33.1. The molecule has 1 aromatic carbocycles. The highest BCUT2D eigenvalue weighted by atomic mass is 32.1. The number of carbonyl (C=O) groups is 2. The van der Waals surface area contributed by atoms with Gasteiger partial charge in [-0.3, -0.25) is 9.59 Å². The van der Waals surface area contributed by atoms with E-state index < -0.39 is 5.54 Å². The zero-order chi connectivity index (χ0) is 26.1. The van der Waals surface area contributed by atoms with Gasteiger partial charge in [-0.2, -0.15) is 0 Å². The van der Waals surface area contributed by atoms with Crippen molar-refractivity contribution in [3.63, 3.8) is 0 Å². The average Bonchev–Trinajstić information content (AvgIpc) is 3.44. The number of carbonyl (C=O) groups excluding carboxylic acids is 2. The normalized spacial score (nSPS) is 15.6. The third kappa shape index (κ3) is 7.91. The Labute approximate surface area is 210 Å². The molecule has 1 aromatic heterocycles. The predicted molar refractivity (Wildman–Crippen MR) is 144 cm³/mol. The van der Waals surface area contributed by atoms with Gasteiger partial charge in [0, 0.05) is 13.0 Å². The van der Waals surface area contributed by atoms with Crippen molar-refractivity contribution < 1.29 is 9.59 Å². The third-order valence-electron chi connectivity index (χ3n) is 5.61. The van der Waals surface area contributed by atoms with Crippen LogP contribution in [0.2, 0.25) is 0 Å². The lowest BCUT2D eigenvalue weighted by atomic mass is 9.91. The van der Waals surface area contributed by atoms with Gasteiger partial charge < -0.3 is 16.0 Å². The van der Waals surface area contributed by atoms with E-state index in [0.717, 1.165) is 29.7 Å². The molecule has 3 N–H and O–H groups in total. The fraction of sp³-hybridized carbons (Fsp3) is 0.593. The molecule has 1 aliphatic rings. The van der Waals surface area contributed by atoms with Gasteiger partial charge in [0.25, 0.3) is 0 Å². The van der Waals surface area contributed by atoms with Crippen LogP contribution in [0.15, 0.2) is 29.8 Å². The Bertz CT molecular complexity index is 913. The molecule has 3 rings (SSSR count). The Morgan fingerprint density at radius 1 is 1.12 bits per heavy atom. The molecule has 190 valence electrons. The number of benzene rings is 1. The molecular weight excluding hydrogens is 444 g/mol. The van der Waals surface area contributed by atoms with E-state index in [1.165, 1.54) is 11.9 Å². The highest BCUT2D eigenvalue weighted by molar-refractivity contribution is 7.13. The SMILES string of the molecule is CC.CN.Cc1ncsc1-c1ccc(C(C)(C)NC(=O)C2CCCN2C(=O)CC(C)(C)C)cc1. The molecule has 0 bridgehead atoms. The molecule has 2 aromatic rings. The lowest BCUT2D eigenvalue weighted by Crippen LogP contribution is -2.51. The lowest BCUT2D eigenvalue weighted by Gasteiger charge is -2.32. The van der Waals surface area contributed by atoms with Crippen molar-refractivity contribution in [1.82, 2.24) is 15.2 Å². The van der Waals surface area contributed by atoms with Gasteiger partial charge >= 0.3 is 0 Å². The van der Waals surface area contributed by atoms with Crippen LogP contribution in [0.4, 0.5) is 0 Å². The number of likely N-dealkylation sites (tertiary alicyclic amines) is 1. The van der Waals surface area contributed by atoms with Crippen molar-refractivity contribution in [3.05, 3.63) is 41.0 Å². The number of amides is 2. The van der Waals surface area contributed by atoms with E-state index in [1.54, 1.807) is 16.2 Å². The lowest BCUT2D eigenvalue weighted by molar-refractivity contribution is -0.140. The van der Waals surface area contributed by atoms with Crippen LogP contribution in [0, 0.1) is 12.3 Å². The molecule has 6 nitrogen and oxygen atoms in total. The third-order valence-corrected chi connectivity index (χ3v) is 6.58. The van der Waals surface area contributed by atoms with Gasteiger partial charge in [0.1, 0.15) is 6.04 Å². The second-order valence-corrected chi connectivity index (χ2v) is 10.8. The summed E-state index contributed by atoms with van der Waals surface area (Å²) in [6.45, 7) is 16.8. The fourth-order valence-corrected chi connectivity index (χ4v) is 4.79. The molecule has 1 unspecified atom stereocenters. The van der Waals surface area contributed by atoms with Crippen molar-refractivity contribution in [2.75, 3.05) is 13.6 Å². The average molecular weight is 489 g/mol. The summed E-state index contributed by atoms with van der Waals surface area (Å²) < 4.78 is 0. The number of nitrogens with one attached hydrogen (secondary N) is 1. The number of thiazole rings is 1. The molecular formula is C27H44N4O2S. The monoisotopic (exact) mass is 488 g/mol. The molecule has 1 fully saturated rings. The smallest absolute Gasteiger partial charge is 0.243 e. The van der Waals surface area contributed by atoms with E-state index in [0.29, 0.717) is 13.0 Å². The van der Waals surface area contributed by atoms with E-state index >= 15 is 0 Å². The van der Waals surface area contributed by atoms with Gasteiger partial charge in [-0.1, -0.05) is 58.9 Å². The number of hydrogen-bond donors (Lipinski definition) is 2. The first-order valence-corrected chi connectivity index (χ1v) is 13.1. The summed E-state index contributed by atoms with van der Waals surface area (Å²) in [7, 11) is 1.50. The zero-order valence-corrected chi connectivity index (χ0v) is 23.3. The number of aromatic nitrogens is 1. The van der Waals surface area contributed by atoms with E-state index in [4.69, 9.17) is 0 Å². The van der Waals surface area contributed by atoms with E-state index in [1.807, 2.05) is 40.1 Å². The van der Waals surface area contributed by atoms with Gasteiger partial charge in [-0.05, 0) is 57.2 Å². The summed E-state index contributed by atoms with van der Waals surface area (Å²) in [6, 6.07) is 7.91. The Kier molecular flexibility index (Phi) is 11.4. The largest absolute Gasteiger partial charge is 0.345 e. The quantitative estimate of drug-likeness (QED) is 0.582. The van der Waals surface area contributed by atoms with Crippen molar-refractivity contribution in [2.45, 2.75) is 86.2 Å². The second kappa shape index (κ2) is 13.0. The first kappa shape index (κ1) is 29.8. The summed E-state index contributed by atoms with van der Waals surface area (Å²) in [6.07, 6.45) is 2.05. The summed E-state index contributed by atoms with van der Waals surface area (Å²) in [5.74, 6) is 0.00405. The molecule has 1 atom stereocenters. The maximum atomic E-state index is 13.1. The molecule has 1 aliphatic heterocycles. The first-order chi connectivity index (χ1) is 16.0. The van der Waals surface area contributed by atoms with Crippen LogP contribution in [0.5, 0.6) is 0 Å². The molecule has 0 radical (unpaired) electrons. The standard InChI is InChI=1S/C24H33N3O2S.C2H6.CH5N/c1-16-21(30-15-25-16)17-9-11-18(12-10-17)24(5,6)26-22(29)19-8-7-13-27(19)20(28)14-23(2,3)4;2*1-2/h9-12,15,19H,7-8,13-14H2,1-6H3,(H,26,29);1-2H3;2H2,1H3. The van der Waals surface area contributed by atoms with Crippen LogP contribution < -0.4 is 11.1 Å². The molecule has 0 spiro atoms. The summed E-state index contributed by atoms with van der Waals surface area (Å²) in [5.41, 5.74) is 8.94. The number of hydrogen-bond acceptors (Lipinski definition) is 5. The maximum absolute atomic E-state index is 13.1. The molecule has 1 saturated heterocycles. The molecule has 0 aliphatic carbocycles. The number of nitrogens with two attached hydrogens (primary N) is 1. The van der Waals surface area contributed by atoms with E-state index in [-0.39, 0.29) is 23.3 Å². The number of aryl methyl sites for hydroxylation is 1. The van der Waals surface area contributed by atoms with Crippen LogP contribution in [0.1, 0.15) is 79.0 Å². The van der Waals surface area contributed by atoms with Gasteiger partial charge in [0.2, 0.25) is 11.8 Å². The van der Waals surface area contributed by atoms with Crippen molar-refractivity contribution >= 4 is 23.2 Å². The highest BCUT2D eigenvalue weighted by Crippen LogP contribution is 2.30. The van der Waals surface area contributed by atoms with Crippen molar-refractivity contribution in [3.8, 4) is 10.4 Å². The minimum Gasteiger partial charge on any atom is -0.345 e. The molecule has 34 heavy (non-hydrogen) atoms. The predicted octanol–water partition coefficient (Wildman–Crippen LogP) is 5.50. The van der Waals surface area contributed by atoms with Gasteiger partial charge in [-0.15, -0.1) is 11.3 Å². The van der Waals surface area contributed by atoms with Crippen molar-refractivity contribution in [2.24, 2.45) is 11.1 Å². The fourth-order valence-electron chi connectivity index (χ4n) is 3.97. The Hall–Kier alpha value is -2.25.